The van der Waals surface area contributed by atoms with E-state index in [9.17, 15) is 8.42 Å². The third-order valence-corrected chi connectivity index (χ3v) is 6.00. The Morgan fingerprint density at radius 2 is 2.15 bits per heavy atom. The van der Waals surface area contributed by atoms with Crippen LogP contribution in [-0.4, -0.2) is 41.0 Å². The topological polar surface area (TPSA) is 55.2 Å². The molecule has 0 aromatic carbocycles. The molecule has 0 radical (unpaired) electrons. The summed E-state index contributed by atoms with van der Waals surface area (Å²) in [6, 6.07) is 0.0578. The van der Waals surface area contributed by atoms with Crippen molar-refractivity contribution in [3.8, 4) is 0 Å². The van der Waals surface area contributed by atoms with Crippen molar-refractivity contribution in [1.29, 1.82) is 0 Å². The molecule has 1 aromatic rings. The third-order valence-electron chi connectivity index (χ3n) is 3.80. The summed E-state index contributed by atoms with van der Waals surface area (Å²) in [5.74, 6) is 0.954. The predicted molar refractivity (Wildman–Crippen MR) is 79.3 cm³/mol. The van der Waals surface area contributed by atoms with Gasteiger partial charge in [0.15, 0.2) is 0 Å². The van der Waals surface area contributed by atoms with E-state index in [-0.39, 0.29) is 10.9 Å². The van der Waals surface area contributed by atoms with Crippen LogP contribution in [0.2, 0.25) is 0 Å². The van der Waals surface area contributed by atoms with Crippen molar-refractivity contribution in [3.05, 3.63) is 12.4 Å². The molecule has 0 amide bonds. The van der Waals surface area contributed by atoms with Gasteiger partial charge in [-0.25, -0.2) is 8.42 Å². The largest absolute Gasteiger partial charge is 0.271 e. The Kier molecular flexibility index (Phi) is 5.09. The van der Waals surface area contributed by atoms with Crippen molar-refractivity contribution in [3.63, 3.8) is 0 Å². The zero-order valence-corrected chi connectivity index (χ0v) is 13.6. The lowest BCUT2D eigenvalue weighted by Gasteiger charge is -2.35. The maximum absolute atomic E-state index is 12.7. The first-order valence-corrected chi connectivity index (χ1v) is 9.03. The first-order chi connectivity index (χ1) is 9.45. The van der Waals surface area contributed by atoms with E-state index in [0.29, 0.717) is 24.9 Å². The molecule has 1 aromatic heterocycles. The van der Waals surface area contributed by atoms with Gasteiger partial charge in [-0.1, -0.05) is 6.92 Å². The fraction of sp³-hybridized carbons (Fsp3) is 0.769. The maximum Gasteiger partial charge on any atom is 0.246 e. The molecule has 2 rings (SSSR count). The summed E-state index contributed by atoms with van der Waals surface area (Å²) < 4.78 is 28.6. The van der Waals surface area contributed by atoms with Crippen molar-refractivity contribution in [2.24, 2.45) is 5.92 Å². The van der Waals surface area contributed by atoms with Crippen LogP contribution in [0.3, 0.4) is 0 Å². The van der Waals surface area contributed by atoms with Crippen LogP contribution in [0.15, 0.2) is 17.3 Å². The summed E-state index contributed by atoms with van der Waals surface area (Å²) in [4.78, 5) is 0.285. The first kappa shape index (κ1) is 15.8. The Morgan fingerprint density at radius 3 is 2.85 bits per heavy atom. The number of piperidine rings is 1. The van der Waals surface area contributed by atoms with Crippen molar-refractivity contribution >= 4 is 21.6 Å². The standard InChI is InChI=1S/C13H22ClN3O2S/c1-11-4-5-12(2)17(9-11)20(18,19)13-8-15-16(10-13)7-3-6-14/h8,10-12H,3-7,9H2,1-2H3. The van der Waals surface area contributed by atoms with Gasteiger partial charge in [0, 0.05) is 31.2 Å². The van der Waals surface area contributed by atoms with E-state index in [1.807, 2.05) is 6.92 Å². The number of aromatic nitrogens is 2. The molecule has 20 heavy (non-hydrogen) atoms. The molecule has 1 saturated heterocycles. The second-order valence-corrected chi connectivity index (χ2v) is 7.86. The molecule has 1 aliphatic rings. The summed E-state index contributed by atoms with van der Waals surface area (Å²) >= 11 is 5.64. The average molecular weight is 320 g/mol. The first-order valence-electron chi connectivity index (χ1n) is 7.05. The zero-order chi connectivity index (χ0) is 14.8. The lowest BCUT2D eigenvalue weighted by atomic mass is 9.97. The fourth-order valence-corrected chi connectivity index (χ4v) is 4.40. The number of alkyl halides is 1. The van der Waals surface area contributed by atoms with E-state index >= 15 is 0 Å². The summed E-state index contributed by atoms with van der Waals surface area (Å²) in [6.07, 6.45) is 5.83. The Bertz CT molecular complexity index is 544. The normalized spacial score (nSPS) is 24.9. The third kappa shape index (κ3) is 3.35. The quantitative estimate of drug-likeness (QED) is 0.783. The molecule has 0 saturated carbocycles. The van der Waals surface area contributed by atoms with Crippen LogP contribution in [0.5, 0.6) is 0 Å². The molecule has 114 valence electrons. The van der Waals surface area contributed by atoms with Crippen LogP contribution in [0.25, 0.3) is 0 Å². The molecule has 2 atom stereocenters. The maximum atomic E-state index is 12.7. The zero-order valence-electron chi connectivity index (χ0n) is 12.0. The summed E-state index contributed by atoms with van der Waals surface area (Å²) in [5, 5.41) is 4.11. The van der Waals surface area contributed by atoms with Gasteiger partial charge >= 0.3 is 0 Å². The van der Waals surface area contributed by atoms with Gasteiger partial charge in [-0.05, 0) is 32.1 Å². The second kappa shape index (κ2) is 6.45. The molecule has 1 aliphatic heterocycles. The number of hydrogen-bond acceptors (Lipinski definition) is 3. The van der Waals surface area contributed by atoms with Gasteiger partial charge in [0.25, 0.3) is 0 Å². The number of aryl methyl sites for hydroxylation is 1. The number of halogens is 1. The average Bonchev–Trinajstić information content (AvgIpc) is 2.88. The summed E-state index contributed by atoms with van der Waals surface area (Å²) in [7, 11) is -3.43. The van der Waals surface area contributed by atoms with Gasteiger partial charge in [0.05, 0.1) is 6.20 Å². The van der Waals surface area contributed by atoms with Crippen molar-refractivity contribution in [2.75, 3.05) is 12.4 Å². The van der Waals surface area contributed by atoms with Gasteiger partial charge in [-0.15, -0.1) is 11.6 Å². The van der Waals surface area contributed by atoms with Gasteiger partial charge in [-0.2, -0.15) is 9.40 Å². The lowest BCUT2D eigenvalue weighted by molar-refractivity contribution is 0.218. The summed E-state index contributed by atoms with van der Waals surface area (Å²) in [6.45, 7) is 5.31. The minimum absolute atomic E-state index is 0.0578. The molecule has 0 bridgehead atoms. The van der Waals surface area contributed by atoms with Gasteiger partial charge < -0.3 is 0 Å². The molecule has 1 fully saturated rings. The van der Waals surface area contributed by atoms with E-state index in [2.05, 4.69) is 12.0 Å². The number of hydrogen-bond donors (Lipinski definition) is 0. The molecule has 2 heterocycles. The highest BCUT2D eigenvalue weighted by Crippen LogP contribution is 2.27. The van der Waals surface area contributed by atoms with Crippen LogP contribution in [0.4, 0.5) is 0 Å². The SMILES string of the molecule is CC1CCC(C)N(S(=O)(=O)c2cnn(CCCCl)c2)C1. The molecular formula is C13H22ClN3O2S. The van der Waals surface area contributed by atoms with E-state index in [1.165, 1.54) is 6.20 Å². The van der Waals surface area contributed by atoms with E-state index in [4.69, 9.17) is 11.6 Å². The Morgan fingerprint density at radius 1 is 1.40 bits per heavy atom. The molecule has 0 aliphatic carbocycles. The Hall–Kier alpha value is -0.590. The Labute approximate surface area is 126 Å². The second-order valence-electron chi connectivity index (χ2n) is 5.59. The Balaban J connectivity index is 2.18. The van der Waals surface area contributed by atoms with Crippen molar-refractivity contribution < 1.29 is 8.42 Å². The van der Waals surface area contributed by atoms with Crippen LogP contribution < -0.4 is 0 Å². The highest BCUT2D eigenvalue weighted by Gasteiger charge is 2.34. The molecule has 0 spiro atoms. The number of rotatable bonds is 5. The van der Waals surface area contributed by atoms with E-state index in [1.54, 1.807) is 15.2 Å². The number of sulfonamides is 1. The molecule has 5 nitrogen and oxygen atoms in total. The van der Waals surface area contributed by atoms with Crippen LogP contribution in [-0.2, 0) is 16.6 Å². The highest BCUT2D eigenvalue weighted by molar-refractivity contribution is 7.89. The van der Waals surface area contributed by atoms with E-state index < -0.39 is 10.0 Å². The molecular weight excluding hydrogens is 298 g/mol. The lowest BCUT2D eigenvalue weighted by Crippen LogP contribution is -2.44. The monoisotopic (exact) mass is 319 g/mol. The van der Waals surface area contributed by atoms with Crippen molar-refractivity contribution in [1.82, 2.24) is 14.1 Å². The minimum atomic E-state index is -3.43. The number of nitrogens with zero attached hydrogens (tertiary/aromatic N) is 3. The van der Waals surface area contributed by atoms with Crippen LogP contribution >= 0.6 is 11.6 Å². The predicted octanol–water partition coefficient (Wildman–Crippen LogP) is 2.32. The van der Waals surface area contributed by atoms with Gasteiger partial charge in [0.1, 0.15) is 4.90 Å². The highest BCUT2D eigenvalue weighted by atomic mass is 35.5. The molecule has 0 N–H and O–H groups in total. The minimum Gasteiger partial charge on any atom is -0.271 e. The fourth-order valence-electron chi connectivity index (χ4n) is 2.54. The van der Waals surface area contributed by atoms with E-state index in [0.717, 1.165) is 19.3 Å². The molecule has 7 heteroatoms. The van der Waals surface area contributed by atoms with Crippen LogP contribution in [0.1, 0.15) is 33.1 Å². The smallest absolute Gasteiger partial charge is 0.246 e. The van der Waals surface area contributed by atoms with Gasteiger partial charge in [0.2, 0.25) is 10.0 Å². The van der Waals surface area contributed by atoms with Crippen molar-refractivity contribution in [2.45, 2.75) is 50.6 Å². The summed E-state index contributed by atoms with van der Waals surface area (Å²) in [5.41, 5.74) is 0. The van der Waals surface area contributed by atoms with Gasteiger partial charge in [-0.3, -0.25) is 4.68 Å². The molecule has 2 unspecified atom stereocenters. The van der Waals surface area contributed by atoms with Crippen LogP contribution in [0, 0.1) is 5.92 Å².